The highest BCUT2D eigenvalue weighted by Crippen LogP contribution is 2.21. The molecule has 1 amide bonds. The molecule has 2 aromatic carbocycles. The van der Waals surface area contributed by atoms with E-state index in [4.69, 9.17) is 9.47 Å². The number of nitrogens with one attached hydrogen (secondary N) is 2. The van der Waals surface area contributed by atoms with Crippen LogP contribution in [-0.4, -0.2) is 27.7 Å². The molecule has 3 rings (SSSR count). The maximum atomic E-state index is 12.5. The van der Waals surface area contributed by atoms with Crippen LogP contribution < -0.4 is 20.3 Å². The lowest BCUT2D eigenvalue weighted by Crippen LogP contribution is -2.23. The minimum Gasteiger partial charge on any atom is -0.494 e. The average Bonchev–Trinajstić information content (AvgIpc) is 2.74. The minimum absolute atomic E-state index is 0.161. The van der Waals surface area contributed by atoms with Gasteiger partial charge in [0.25, 0.3) is 5.56 Å². The molecule has 1 aromatic heterocycles. The molecule has 0 bridgehead atoms. The molecule has 7 nitrogen and oxygen atoms in total. The van der Waals surface area contributed by atoms with E-state index in [1.165, 1.54) is 17.8 Å². The number of para-hydroxylation sites is 1. The van der Waals surface area contributed by atoms with Crippen molar-refractivity contribution in [3.8, 4) is 11.5 Å². The van der Waals surface area contributed by atoms with Gasteiger partial charge in [0.05, 0.1) is 17.6 Å². The average molecular weight is 426 g/mol. The SMILES string of the molecule is CCOc1ccc(NC(=O)C(C)Sc2nc(COc3ccccc3)cc(=O)[nH]2)cc1. The van der Waals surface area contributed by atoms with E-state index in [1.807, 2.05) is 37.3 Å². The molecule has 0 spiro atoms. The molecular weight excluding hydrogens is 402 g/mol. The minimum atomic E-state index is -0.468. The molecule has 0 radical (unpaired) electrons. The molecule has 8 heteroatoms. The van der Waals surface area contributed by atoms with Crippen LogP contribution in [0.3, 0.4) is 0 Å². The van der Waals surface area contributed by atoms with Gasteiger partial charge >= 0.3 is 0 Å². The van der Waals surface area contributed by atoms with Crippen LogP contribution in [0.25, 0.3) is 0 Å². The Kier molecular flexibility index (Phi) is 7.51. The number of H-pyrrole nitrogens is 1. The Morgan fingerprint density at radius 2 is 1.80 bits per heavy atom. The van der Waals surface area contributed by atoms with Crippen LogP contribution in [-0.2, 0) is 11.4 Å². The number of rotatable bonds is 9. The third kappa shape index (κ3) is 6.38. The Balaban J connectivity index is 1.59. The topological polar surface area (TPSA) is 93.3 Å². The van der Waals surface area contributed by atoms with Gasteiger partial charge in [-0.15, -0.1) is 0 Å². The first-order chi connectivity index (χ1) is 14.5. The molecule has 0 aliphatic rings. The number of nitrogens with zero attached hydrogens (tertiary/aromatic N) is 1. The first kappa shape index (κ1) is 21.4. The van der Waals surface area contributed by atoms with Gasteiger partial charge in [-0.2, -0.15) is 0 Å². The number of carbonyl (C=O) groups is 1. The van der Waals surface area contributed by atoms with Gasteiger partial charge in [-0.25, -0.2) is 4.98 Å². The van der Waals surface area contributed by atoms with Gasteiger partial charge in [-0.1, -0.05) is 30.0 Å². The second-order valence-corrected chi connectivity index (χ2v) is 7.68. The summed E-state index contributed by atoms with van der Waals surface area (Å²) >= 11 is 1.17. The molecule has 3 aromatic rings. The van der Waals surface area contributed by atoms with Crippen molar-refractivity contribution in [2.24, 2.45) is 0 Å². The summed E-state index contributed by atoms with van der Waals surface area (Å²) in [6.45, 7) is 4.41. The summed E-state index contributed by atoms with van der Waals surface area (Å²) < 4.78 is 11.0. The van der Waals surface area contributed by atoms with Gasteiger partial charge in [-0.3, -0.25) is 9.59 Å². The molecule has 0 aliphatic carbocycles. The maximum absolute atomic E-state index is 12.5. The fourth-order valence-electron chi connectivity index (χ4n) is 2.55. The van der Waals surface area contributed by atoms with Crippen LogP contribution in [0.15, 0.2) is 70.6 Å². The van der Waals surface area contributed by atoms with Crippen molar-refractivity contribution in [2.75, 3.05) is 11.9 Å². The number of aromatic nitrogens is 2. The smallest absolute Gasteiger partial charge is 0.251 e. The molecule has 0 saturated heterocycles. The van der Waals surface area contributed by atoms with Crippen molar-refractivity contribution < 1.29 is 14.3 Å². The predicted molar refractivity (Wildman–Crippen MR) is 117 cm³/mol. The van der Waals surface area contributed by atoms with Crippen LogP contribution in [0.2, 0.25) is 0 Å². The summed E-state index contributed by atoms with van der Waals surface area (Å²) in [5.74, 6) is 1.24. The summed E-state index contributed by atoms with van der Waals surface area (Å²) in [6, 6.07) is 17.8. The highest BCUT2D eigenvalue weighted by molar-refractivity contribution is 8.00. The summed E-state index contributed by atoms with van der Waals surface area (Å²) in [4.78, 5) is 31.5. The van der Waals surface area contributed by atoms with Crippen molar-refractivity contribution in [1.29, 1.82) is 0 Å². The Labute approximate surface area is 178 Å². The van der Waals surface area contributed by atoms with Gasteiger partial charge in [0.2, 0.25) is 5.91 Å². The molecule has 1 heterocycles. The molecule has 0 saturated carbocycles. The first-order valence-electron chi connectivity index (χ1n) is 9.52. The van der Waals surface area contributed by atoms with E-state index in [9.17, 15) is 9.59 Å². The molecule has 2 N–H and O–H groups in total. The zero-order valence-electron chi connectivity index (χ0n) is 16.8. The van der Waals surface area contributed by atoms with Gasteiger partial charge < -0.3 is 19.8 Å². The number of aromatic amines is 1. The first-order valence-corrected chi connectivity index (χ1v) is 10.4. The second-order valence-electron chi connectivity index (χ2n) is 6.35. The van der Waals surface area contributed by atoms with E-state index >= 15 is 0 Å². The maximum Gasteiger partial charge on any atom is 0.251 e. The predicted octanol–water partition coefficient (Wildman–Crippen LogP) is 3.87. The number of hydrogen-bond donors (Lipinski definition) is 2. The molecule has 1 atom stereocenters. The Bertz CT molecular complexity index is 1020. The number of benzene rings is 2. The molecule has 30 heavy (non-hydrogen) atoms. The van der Waals surface area contributed by atoms with Gasteiger partial charge in [0.1, 0.15) is 18.1 Å². The number of amides is 1. The van der Waals surface area contributed by atoms with Crippen molar-refractivity contribution in [1.82, 2.24) is 9.97 Å². The number of anilines is 1. The number of ether oxygens (including phenoxy) is 2. The van der Waals surface area contributed by atoms with E-state index < -0.39 is 5.25 Å². The molecule has 0 fully saturated rings. The fourth-order valence-corrected chi connectivity index (χ4v) is 3.38. The second kappa shape index (κ2) is 10.5. The van der Waals surface area contributed by atoms with Crippen molar-refractivity contribution in [3.05, 3.63) is 76.7 Å². The number of thioether (sulfide) groups is 1. The highest BCUT2D eigenvalue weighted by atomic mass is 32.2. The lowest BCUT2D eigenvalue weighted by molar-refractivity contribution is -0.115. The number of hydrogen-bond acceptors (Lipinski definition) is 6. The molecule has 1 unspecified atom stereocenters. The monoisotopic (exact) mass is 425 g/mol. The standard InChI is InChI=1S/C22H23N3O4S/c1-3-28-19-11-9-16(10-12-19)23-21(27)15(2)30-22-24-17(13-20(26)25-22)14-29-18-7-5-4-6-8-18/h4-13,15H,3,14H2,1-2H3,(H,23,27)(H,24,25,26). The van der Waals surface area contributed by atoms with E-state index in [2.05, 4.69) is 15.3 Å². The van der Waals surface area contributed by atoms with Gasteiger partial charge in [0.15, 0.2) is 5.16 Å². The highest BCUT2D eigenvalue weighted by Gasteiger charge is 2.17. The Morgan fingerprint density at radius 3 is 2.50 bits per heavy atom. The zero-order chi connectivity index (χ0) is 21.3. The summed E-state index contributed by atoms with van der Waals surface area (Å²) in [5, 5.41) is 2.74. The fraction of sp³-hybridized carbons (Fsp3) is 0.227. The van der Waals surface area contributed by atoms with Crippen LogP contribution >= 0.6 is 11.8 Å². The van der Waals surface area contributed by atoms with Gasteiger partial charge in [0, 0.05) is 11.8 Å². The van der Waals surface area contributed by atoms with Crippen LogP contribution in [0.1, 0.15) is 19.5 Å². The van der Waals surface area contributed by atoms with Crippen LogP contribution in [0.4, 0.5) is 5.69 Å². The van der Waals surface area contributed by atoms with E-state index in [0.29, 0.717) is 28.9 Å². The molecule has 156 valence electrons. The third-order valence-corrected chi connectivity index (χ3v) is 4.98. The van der Waals surface area contributed by atoms with E-state index in [-0.39, 0.29) is 18.1 Å². The van der Waals surface area contributed by atoms with Crippen molar-refractivity contribution in [3.63, 3.8) is 0 Å². The Morgan fingerprint density at radius 1 is 1.10 bits per heavy atom. The largest absolute Gasteiger partial charge is 0.494 e. The molecule has 0 aliphatic heterocycles. The lowest BCUT2D eigenvalue weighted by Gasteiger charge is -2.12. The van der Waals surface area contributed by atoms with Crippen molar-refractivity contribution >= 4 is 23.4 Å². The van der Waals surface area contributed by atoms with Crippen LogP contribution in [0, 0.1) is 0 Å². The summed E-state index contributed by atoms with van der Waals surface area (Å²) in [7, 11) is 0. The normalized spacial score (nSPS) is 11.5. The molecular formula is C22H23N3O4S. The summed E-state index contributed by atoms with van der Waals surface area (Å²) in [6.07, 6.45) is 0. The zero-order valence-corrected chi connectivity index (χ0v) is 17.6. The quantitative estimate of drug-likeness (QED) is 0.399. The van der Waals surface area contributed by atoms with E-state index in [1.54, 1.807) is 31.2 Å². The number of carbonyl (C=O) groups excluding carboxylic acids is 1. The van der Waals surface area contributed by atoms with E-state index in [0.717, 1.165) is 5.75 Å². The summed E-state index contributed by atoms with van der Waals surface area (Å²) in [5.41, 5.74) is 0.866. The third-order valence-electron chi connectivity index (χ3n) is 3.99. The lowest BCUT2D eigenvalue weighted by atomic mass is 10.3. The van der Waals surface area contributed by atoms with Crippen LogP contribution in [0.5, 0.6) is 11.5 Å². The van der Waals surface area contributed by atoms with Gasteiger partial charge in [-0.05, 0) is 50.2 Å². The Hall–Kier alpha value is -3.26. The van der Waals surface area contributed by atoms with Crippen molar-refractivity contribution in [2.45, 2.75) is 30.9 Å².